The summed E-state index contributed by atoms with van der Waals surface area (Å²) in [5, 5.41) is 21.3. The number of para-hydroxylation sites is 1. The summed E-state index contributed by atoms with van der Waals surface area (Å²) in [6.45, 7) is 0. The van der Waals surface area contributed by atoms with Gasteiger partial charge in [0.1, 0.15) is 6.04 Å². The smallest absolute Gasteiger partial charge is 0.185 e. The number of ketones is 1. The molecule has 3 aromatic carbocycles. The lowest BCUT2D eigenvalue weighted by atomic mass is 9.69. The van der Waals surface area contributed by atoms with E-state index in [4.69, 9.17) is 11.6 Å². The summed E-state index contributed by atoms with van der Waals surface area (Å²) in [6, 6.07) is 27.3. The number of rotatable bonds is 3. The van der Waals surface area contributed by atoms with Crippen LogP contribution >= 0.6 is 11.6 Å². The lowest BCUT2D eigenvalue weighted by Gasteiger charge is -2.35. The molecule has 0 spiro atoms. The zero-order chi connectivity index (χ0) is 22.3. The van der Waals surface area contributed by atoms with Gasteiger partial charge in [0.25, 0.3) is 0 Å². The molecule has 0 saturated carbocycles. The number of nitriles is 2. The minimum atomic E-state index is -1.47. The molecule has 154 valence electrons. The van der Waals surface area contributed by atoms with Gasteiger partial charge in [0.05, 0.1) is 18.2 Å². The molecule has 2 aliphatic rings. The Morgan fingerprint density at radius 3 is 2.38 bits per heavy atom. The third-order valence-electron chi connectivity index (χ3n) is 6.45. The molecule has 2 aliphatic heterocycles. The Balaban J connectivity index is 1.80. The van der Waals surface area contributed by atoms with Crippen LogP contribution in [0, 0.1) is 28.1 Å². The van der Waals surface area contributed by atoms with E-state index in [1.54, 1.807) is 30.3 Å². The molecule has 0 radical (unpaired) electrons. The number of hydrogen-bond donors (Lipinski definition) is 0. The third-order valence-corrected chi connectivity index (χ3v) is 6.69. The van der Waals surface area contributed by atoms with Crippen LogP contribution in [0.5, 0.6) is 0 Å². The van der Waals surface area contributed by atoms with Crippen LogP contribution in [0.4, 0.5) is 5.69 Å². The standard InChI is InChI=1S/C27H18ClN3O/c28-21-11-6-10-20(15-21)24-25(26(32)19-8-2-1-3-9-19)31-22-12-5-4-7-18(22)13-14-23(31)27(24,16-29)17-30/h1-15,23-25H. The second kappa shape index (κ2) is 7.68. The highest BCUT2D eigenvalue weighted by Crippen LogP contribution is 2.55. The summed E-state index contributed by atoms with van der Waals surface area (Å²) in [5.41, 5.74) is 1.57. The highest BCUT2D eigenvalue weighted by Gasteiger charge is 2.63. The first-order valence-corrected chi connectivity index (χ1v) is 10.7. The molecule has 3 aromatic rings. The second-order valence-corrected chi connectivity index (χ2v) is 8.51. The quantitative estimate of drug-likeness (QED) is 0.500. The Morgan fingerprint density at radius 1 is 0.938 bits per heavy atom. The van der Waals surface area contributed by atoms with E-state index in [1.165, 1.54) is 0 Å². The molecule has 0 bridgehead atoms. The Morgan fingerprint density at radius 2 is 1.66 bits per heavy atom. The number of halogens is 1. The maximum Gasteiger partial charge on any atom is 0.185 e. The van der Waals surface area contributed by atoms with E-state index in [2.05, 4.69) is 12.1 Å². The number of fused-ring (bicyclic) bond motifs is 3. The highest BCUT2D eigenvalue weighted by molar-refractivity contribution is 6.30. The lowest BCUT2D eigenvalue weighted by Crippen LogP contribution is -2.44. The van der Waals surface area contributed by atoms with Crippen molar-refractivity contribution in [2.24, 2.45) is 5.41 Å². The van der Waals surface area contributed by atoms with Gasteiger partial charge in [0.15, 0.2) is 11.2 Å². The highest BCUT2D eigenvalue weighted by atomic mass is 35.5. The van der Waals surface area contributed by atoms with Crippen molar-refractivity contribution in [1.29, 1.82) is 10.5 Å². The molecule has 32 heavy (non-hydrogen) atoms. The zero-order valence-electron chi connectivity index (χ0n) is 17.0. The largest absolute Gasteiger partial charge is 0.351 e. The maximum atomic E-state index is 14.0. The summed E-state index contributed by atoms with van der Waals surface area (Å²) in [4.78, 5) is 15.9. The molecule has 0 aliphatic carbocycles. The first kappa shape index (κ1) is 20.1. The lowest BCUT2D eigenvalue weighted by molar-refractivity contribution is 0.0951. The predicted octanol–water partition coefficient (Wildman–Crippen LogP) is 5.62. The fraction of sp³-hybridized carbons (Fsp3) is 0.148. The Hall–Kier alpha value is -3.86. The van der Waals surface area contributed by atoms with Gasteiger partial charge in [-0.3, -0.25) is 4.79 Å². The summed E-state index contributed by atoms with van der Waals surface area (Å²) >= 11 is 6.30. The fourth-order valence-electron chi connectivity index (χ4n) is 5.08. The van der Waals surface area contributed by atoms with Crippen molar-refractivity contribution in [2.75, 3.05) is 4.90 Å². The molecule has 2 heterocycles. The molecule has 0 amide bonds. The molecule has 5 heteroatoms. The number of nitrogens with zero attached hydrogens (tertiary/aromatic N) is 3. The first-order chi connectivity index (χ1) is 15.6. The monoisotopic (exact) mass is 435 g/mol. The van der Waals surface area contributed by atoms with Gasteiger partial charge >= 0.3 is 0 Å². The number of benzene rings is 3. The van der Waals surface area contributed by atoms with Gasteiger partial charge in [-0.05, 0) is 29.3 Å². The molecule has 5 rings (SSSR count). The minimum absolute atomic E-state index is 0.127. The van der Waals surface area contributed by atoms with Gasteiger partial charge in [-0.15, -0.1) is 0 Å². The summed E-state index contributed by atoms with van der Waals surface area (Å²) in [6.07, 6.45) is 3.81. The molecule has 0 aromatic heterocycles. The van der Waals surface area contributed by atoms with Crippen LogP contribution in [-0.4, -0.2) is 17.9 Å². The fourth-order valence-corrected chi connectivity index (χ4v) is 5.28. The molecule has 3 unspecified atom stereocenters. The van der Waals surface area contributed by atoms with E-state index in [0.29, 0.717) is 16.1 Å². The summed E-state index contributed by atoms with van der Waals surface area (Å²) in [5.74, 6) is -0.817. The zero-order valence-corrected chi connectivity index (χ0v) is 17.8. The van der Waals surface area contributed by atoms with Crippen molar-refractivity contribution >= 4 is 29.1 Å². The van der Waals surface area contributed by atoms with Crippen LogP contribution in [0.3, 0.4) is 0 Å². The summed E-state index contributed by atoms with van der Waals surface area (Å²) in [7, 11) is 0. The average Bonchev–Trinajstić information content (AvgIpc) is 3.15. The molecular formula is C27H18ClN3O. The van der Waals surface area contributed by atoms with Crippen molar-refractivity contribution < 1.29 is 4.79 Å². The Kier molecular flexibility index (Phi) is 4.82. The molecule has 0 N–H and O–H groups in total. The van der Waals surface area contributed by atoms with Crippen molar-refractivity contribution in [3.63, 3.8) is 0 Å². The third kappa shape index (κ3) is 2.85. The van der Waals surface area contributed by atoms with Gasteiger partial charge in [0.2, 0.25) is 0 Å². The second-order valence-electron chi connectivity index (χ2n) is 8.07. The van der Waals surface area contributed by atoms with Crippen molar-refractivity contribution in [2.45, 2.75) is 18.0 Å². The van der Waals surface area contributed by atoms with Crippen LogP contribution in [0.1, 0.15) is 27.4 Å². The molecular weight excluding hydrogens is 418 g/mol. The summed E-state index contributed by atoms with van der Waals surface area (Å²) < 4.78 is 0. The van der Waals surface area contributed by atoms with Gasteiger partial charge in [-0.1, -0.05) is 84.4 Å². The predicted molar refractivity (Wildman–Crippen MR) is 124 cm³/mol. The van der Waals surface area contributed by atoms with Crippen LogP contribution in [-0.2, 0) is 0 Å². The van der Waals surface area contributed by atoms with E-state index < -0.39 is 23.4 Å². The van der Waals surface area contributed by atoms with Crippen molar-refractivity contribution in [1.82, 2.24) is 0 Å². The number of carbonyl (C=O) groups is 1. The van der Waals surface area contributed by atoms with Crippen molar-refractivity contribution in [3.05, 3.63) is 107 Å². The average molecular weight is 436 g/mol. The number of hydrogen-bond acceptors (Lipinski definition) is 4. The minimum Gasteiger partial charge on any atom is -0.351 e. The number of anilines is 1. The number of carbonyl (C=O) groups excluding carboxylic acids is 1. The molecule has 1 saturated heterocycles. The molecule has 3 atom stereocenters. The molecule has 1 fully saturated rings. The van der Waals surface area contributed by atoms with Gasteiger partial charge in [0, 0.05) is 22.2 Å². The Bertz CT molecular complexity index is 1300. The number of Topliss-reactive ketones (excluding diaryl/α,β-unsaturated/α-hetero) is 1. The van der Waals surface area contributed by atoms with Crippen LogP contribution in [0.25, 0.3) is 6.08 Å². The van der Waals surface area contributed by atoms with E-state index in [9.17, 15) is 15.3 Å². The Labute approximate surface area is 191 Å². The van der Waals surface area contributed by atoms with E-state index in [-0.39, 0.29) is 5.78 Å². The van der Waals surface area contributed by atoms with Gasteiger partial charge < -0.3 is 4.90 Å². The van der Waals surface area contributed by atoms with E-state index in [1.807, 2.05) is 65.6 Å². The van der Waals surface area contributed by atoms with Gasteiger partial charge in [-0.2, -0.15) is 10.5 Å². The maximum absolute atomic E-state index is 14.0. The topological polar surface area (TPSA) is 67.9 Å². The van der Waals surface area contributed by atoms with Crippen molar-refractivity contribution in [3.8, 4) is 12.1 Å². The SMILES string of the molecule is N#CC1(C#N)C(c2cccc(Cl)c2)C(C(=O)c2ccccc2)N2c3ccccc3C=CC21. The van der Waals surface area contributed by atoms with Gasteiger partial charge in [-0.25, -0.2) is 0 Å². The van der Waals surface area contributed by atoms with Crippen LogP contribution < -0.4 is 4.90 Å². The van der Waals surface area contributed by atoms with E-state index >= 15 is 0 Å². The molecule has 4 nitrogen and oxygen atoms in total. The first-order valence-electron chi connectivity index (χ1n) is 10.3. The van der Waals surface area contributed by atoms with E-state index in [0.717, 1.165) is 11.3 Å². The normalized spacial score (nSPS) is 22.3. The van der Waals surface area contributed by atoms with Crippen LogP contribution in [0.15, 0.2) is 84.9 Å². The van der Waals surface area contributed by atoms with Crippen LogP contribution in [0.2, 0.25) is 5.02 Å².